The summed E-state index contributed by atoms with van der Waals surface area (Å²) < 4.78 is 3.70. The molecule has 3 rings (SSSR count). The number of aliphatic hydroxyl groups is 1. The summed E-state index contributed by atoms with van der Waals surface area (Å²) in [6.07, 6.45) is 3.01. The van der Waals surface area contributed by atoms with Crippen molar-refractivity contribution < 1.29 is 5.11 Å². The second-order valence-electron chi connectivity index (χ2n) is 8.22. The number of allylic oxidation sites excluding steroid dienone is 1. The van der Waals surface area contributed by atoms with E-state index in [2.05, 4.69) is 29.7 Å². The van der Waals surface area contributed by atoms with Crippen LogP contribution in [0.3, 0.4) is 0 Å². The fourth-order valence-corrected chi connectivity index (χ4v) is 4.09. The van der Waals surface area contributed by atoms with Crippen LogP contribution in [0, 0.1) is 6.92 Å². The van der Waals surface area contributed by atoms with Gasteiger partial charge in [-0.25, -0.2) is 4.68 Å². The van der Waals surface area contributed by atoms with Crippen molar-refractivity contribution in [2.24, 2.45) is 7.05 Å². The molecule has 2 aromatic rings. The molecule has 1 aromatic carbocycles. The highest BCUT2D eigenvalue weighted by molar-refractivity contribution is 5.33. The van der Waals surface area contributed by atoms with E-state index >= 15 is 0 Å². The highest BCUT2D eigenvalue weighted by Gasteiger charge is 2.27. The molecule has 2 heterocycles. The van der Waals surface area contributed by atoms with Crippen LogP contribution in [0.15, 0.2) is 46.8 Å². The van der Waals surface area contributed by atoms with Crippen molar-refractivity contribution >= 4 is 0 Å². The Hall–Kier alpha value is -2.15. The Morgan fingerprint density at radius 3 is 2.59 bits per heavy atom. The molecule has 6 nitrogen and oxygen atoms in total. The summed E-state index contributed by atoms with van der Waals surface area (Å²) in [5.41, 5.74) is 4.12. The van der Waals surface area contributed by atoms with Crippen LogP contribution in [0.5, 0.6) is 0 Å². The zero-order valence-corrected chi connectivity index (χ0v) is 18.1. The quantitative estimate of drug-likeness (QED) is 0.728. The van der Waals surface area contributed by atoms with E-state index in [0.717, 1.165) is 49.5 Å². The van der Waals surface area contributed by atoms with Gasteiger partial charge in [-0.05, 0) is 39.3 Å². The summed E-state index contributed by atoms with van der Waals surface area (Å²) in [7, 11) is 1.94. The maximum absolute atomic E-state index is 13.2. The molecule has 0 unspecified atom stereocenters. The van der Waals surface area contributed by atoms with Crippen LogP contribution in [0.4, 0.5) is 0 Å². The molecule has 0 bridgehead atoms. The van der Waals surface area contributed by atoms with Crippen LogP contribution < -0.4 is 5.56 Å². The summed E-state index contributed by atoms with van der Waals surface area (Å²) in [5.74, 6) is 0. The van der Waals surface area contributed by atoms with Gasteiger partial charge in [-0.2, -0.15) is 0 Å². The Balaban J connectivity index is 1.79. The van der Waals surface area contributed by atoms with Crippen LogP contribution in [0.2, 0.25) is 0 Å². The topological polar surface area (TPSA) is 53.6 Å². The fraction of sp³-hybridized carbons (Fsp3) is 0.522. The lowest BCUT2D eigenvalue weighted by molar-refractivity contribution is 0.0634. The molecule has 1 saturated heterocycles. The predicted molar refractivity (Wildman–Crippen MR) is 118 cm³/mol. The summed E-state index contributed by atoms with van der Waals surface area (Å²) in [6.45, 7) is 10.8. The largest absolute Gasteiger partial charge is 0.396 e. The average Bonchev–Trinajstić information content (AvgIpc) is 2.91. The molecule has 1 aliphatic rings. The predicted octanol–water partition coefficient (Wildman–Crippen LogP) is 2.32. The molecule has 1 aromatic heterocycles. The monoisotopic (exact) mass is 398 g/mol. The highest BCUT2D eigenvalue weighted by Crippen LogP contribution is 2.17. The highest BCUT2D eigenvalue weighted by atomic mass is 16.3. The number of benzene rings is 1. The van der Waals surface area contributed by atoms with Gasteiger partial charge in [0.25, 0.3) is 5.56 Å². The molecule has 1 N–H and O–H groups in total. The molecule has 1 atom stereocenters. The van der Waals surface area contributed by atoms with Crippen molar-refractivity contribution in [1.29, 1.82) is 0 Å². The lowest BCUT2D eigenvalue weighted by atomic mass is 10.1. The van der Waals surface area contributed by atoms with Crippen LogP contribution in [-0.4, -0.2) is 63.1 Å². The van der Waals surface area contributed by atoms with Gasteiger partial charge in [-0.15, -0.1) is 0 Å². The first-order valence-electron chi connectivity index (χ1n) is 10.5. The number of hydrogen-bond acceptors (Lipinski definition) is 4. The van der Waals surface area contributed by atoms with E-state index in [1.54, 1.807) is 4.68 Å². The van der Waals surface area contributed by atoms with E-state index in [1.807, 2.05) is 49.0 Å². The number of aliphatic hydroxyl groups excluding tert-OH is 1. The minimum Gasteiger partial charge on any atom is -0.396 e. The molecule has 0 saturated carbocycles. The third-order valence-corrected chi connectivity index (χ3v) is 5.94. The molecular weight excluding hydrogens is 364 g/mol. The van der Waals surface area contributed by atoms with E-state index < -0.39 is 0 Å². The standard InChI is InChI=1S/C23H34N4O2/c1-18(2)10-12-26-14-13-25(16-21(26)11-15-28)17-22-19(3)24(4)27(23(22)29)20-8-6-5-7-9-20/h5-10,21,28H,11-17H2,1-4H3/t21-/m1/s1. The van der Waals surface area contributed by atoms with Crippen molar-refractivity contribution in [3.8, 4) is 5.69 Å². The Bertz CT molecular complexity index is 894. The lowest BCUT2D eigenvalue weighted by Gasteiger charge is -2.41. The summed E-state index contributed by atoms with van der Waals surface area (Å²) in [4.78, 5) is 18.0. The van der Waals surface area contributed by atoms with Crippen LogP contribution >= 0.6 is 0 Å². The zero-order chi connectivity index (χ0) is 21.0. The number of piperazine rings is 1. The van der Waals surface area contributed by atoms with Crippen molar-refractivity contribution in [2.75, 3.05) is 32.8 Å². The molecule has 158 valence electrons. The van der Waals surface area contributed by atoms with Crippen molar-refractivity contribution in [3.05, 3.63) is 63.6 Å². The Kier molecular flexibility index (Phi) is 7.11. The Labute approximate surface area is 173 Å². The minimum atomic E-state index is 0.0573. The number of para-hydroxylation sites is 1. The third-order valence-electron chi connectivity index (χ3n) is 5.94. The van der Waals surface area contributed by atoms with E-state index in [1.165, 1.54) is 5.57 Å². The first kappa shape index (κ1) is 21.6. The third kappa shape index (κ3) is 4.89. The van der Waals surface area contributed by atoms with E-state index in [9.17, 15) is 9.90 Å². The van der Waals surface area contributed by atoms with Crippen molar-refractivity contribution in [2.45, 2.75) is 39.8 Å². The number of hydrogen-bond donors (Lipinski definition) is 1. The molecule has 29 heavy (non-hydrogen) atoms. The molecule has 0 aliphatic carbocycles. The second-order valence-corrected chi connectivity index (χ2v) is 8.22. The van der Waals surface area contributed by atoms with Gasteiger partial charge in [0.1, 0.15) is 0 Å². The van der Waals surface area contributed by atoms with Crippen molar-refractivity contribution in [3.63, 3.8) is 0 Å². The van der Waals surface area contributed by atoms with Crippen molar-refractivity contribution in [1.82, 2.24) is 19.2 Å². The zero-order valence-electron chi connectivity index (χ0n) is 18.1. The number of aromatic nitrogens is 2. The molecule has 1 fully saturated rings. The van der Waals surface area contributed by atoms with E-state index in [-0.39, 0.29) is 12.2 Å². The van der Waals surface area contributed by atoms with Gasteiger partial charge in [-0.3, -0.25) is 19.3 Å². The summed E-state index contributed by atoms with van der Waals surface area (Å²) in [5, 5.41) is 9.53. The van der Waals surface area contributed by atoms with Gasteiger partial charge < -0.3 is 5.11 Å². The first-order valence-corrected chi connectivity index (χ1v) is 10.5. The lowest BCUT2D eigenvalue weighted by Crippen LogP contribution is -2.53. The fourth-order valence-electron chi connectivity index (χ4n) is 4.09. The number of rotatable bonds is 7. The van der Waals surface area contributed by atoms with E-state index in [0.29, 0.717) is 12.6 Å². The minimum absolute atomic E-state index is 0.0573. The second kappa shape index (κ2) is 9.57. The molecule has 0 spiro atoms. The molecule has 0 amide bonds. The Morgan fingerprint density at radius 1 is 1.21 bits per heavy atom. The first-order chi connectivity index (χ1) is 13.9. The molecule has 6 heteroatoms. The van der Waals surface area contributed by atoms with Gasteiger partial charge in [0.2, 0.25) is 0 Å². The van der Waals surface area contributed by atoms with Gasteiger partial charge in [0.15, 0.2) is 0 Å². The SMILES string of the molecule is CC(C)=CCN1CCN(Cc2c(C)n(C)n(-c3ccccc3)c2=O)C[C@H]1CCO. The normalized spacial score (nSPS) is 18.2. The maximum Gasteiger partial charge on any atom is 0.276 e. The van der Waals surface area contributed by atoms with Crippen LogP contribution in [0.1, 0.15) is 31.5 Å². The van der Waals surface area contributed by atoms with Gasteiger partial charge >= 0.3 is 0 Å². The summed E-state index contributed by atoms with van der Waals surface area (Å²) >= 11 is 0. The van der Waals surface area contributed by atoms with E-state index in [4.69, 9.17) is 0 Å². The smallest absolute Gasteiger partial charge is 0.276 e. The summed E-state index contributed by atoms with van der Waals surface area (Å²) in [6, 6.07) is 10.1. The van der Waals surface area contributed by atoms with Crippen LogP contribution in [0.25, 0.3) is 5.69 Å². The maximum atomic E-state index is 13.2. The van der Waals surface area contributed by atoms with Gasteiger partial charge in [-0.1, -0.05) is 29.8 Å². The number of nitrogens with zero attached hydrogens (tertiary/aromatic N) is 4. The Morgan fingerprint density at radius 2 is 1.93 bits per heavy atom. The van der Waals surface area contributed by atoms with Gasteiger partial charge in [0.05, 0.1) is 11.3 Å². The molecular formula is C23H34N4O2. The molecule has 1 aliphatic heterocycles. The molecule has 0 radical (unpaired) electrons. The van der Waals surface area contributed by atoms with Gasteiger partial charge in [0, 0.05) is 58.1 Å². The average molecular weight is 399 g/mol. The van der Waals surface area contributed by atoms with Crippen LogP contribution in [-0.2, 0) is 13.6 Å².